The van der Waals surface area contributed by atoms with E-state index >= 15 is 0 Å². The molecule has 6 N–H and O–H groups in total. The van der Waals surface area contributed by atoms with Gasteiger partial charge in [-0.1, -0.05) is 0 Å². The Bertz CT molecular complexity index is 937. The smallest absolute Gasteiger partial charge is 0.394 e. The van der Waals surface area contributed by atoms with Crippen molar-refractivity contribution in [1.82, 2.24) is 0 Å². The fraction of sp³-hybridized carbons (Fsp3) is 0.133. The summed E-state index contributed by atoms with van der Waals surface area (Å²) in [7, 11) is -4.67. The van der Waals surface area contributed by atoms with Crippen LogP contribution < -0.4 is 10.5 Å². The summed E-state index contributed by atoms with van der Waals surface area (Å²) in [6.45, 7) is 0. The molecule has 2 aromatic rings. The number of carbonyl (C=O) groups is 1. The van der Waals surface area contributed by atoms with Crippen molar-refractivity contribution in [2.45, 2.75) is 12.5 Å². The van der Waals surface area contributed by atoms with E-state index in [-0.39, 0.29) is 12.2 Å². The lowest BCUT2D eigenvalue weighted by Crippen LogP contribution is -2.32. The van der Waals surface area contributed by atoms with Crippen LogP contribution in [0.5, 0.6) is 17.2 Å². The second-order valence-corrected chi connectivity index (χ2v) is 9.58. The third kappa shape index (κ3) is 9.35. The largest absolute Gasteiger partial charge is 0.507 e. The van der Waals surface area contributed by atoms with E-state index in [1.54, 1.807) is 18.2 Å². The first-order chi connectivity index (χ1) is 12.8. The highest BCUT2D eigenvalue weighted by molar-refractivity contribution is 14.1. The van der Waals surface area contributed by atoms with Crippen molar-refractivity contribution < 1.29 is 37.3 Å². The van der Waals surface area contributed by atoms with Crippen LogP contribution in [0.2, 0.25) is 0 Å². The van der Waals surface area contributed by atoms with Crippen LogP contribution >= 0.6 is 67.8 Å². The predicted octanol–water partition coefficient (Wildman–Crippen LogP) is 3.30. The molecule has 154 valence electrons. The molecule has 2 aromatic carbocycles. The zero-order valence-corrected chi connectivity index (χ0v) is 21.0. The van der Waals surface area contributed by atoms with Gasteiger partial charge >= 0.3 is 16.4 Å². The van der Waals surface area contributed by atoms with Crippen molar-refractivity contribution in [2.24, 2.45) is 5.73 Å². The number of hydrogen-bond donors (Lipinski definition) is 5. The zero-order chi connectivity index (χ0) is 21.6. The number of hydrogen-bond acceptors (Lipinski definition) is 6. The number of ether oxygens (including phenoxy) is 1. The maximum atomic E-state index is 10.9. The topological polar surface area (TPSA) is 167 Å². The molecule has 1 unspecified atom stereocenters. The van der Waals surface area contributed by atoms with E-state index in [0.717, 1.165) is 12.7 Å². The van der Waals surface area contributed by atoms with Crippen LogP contribution in [0, 0.1) is 10.7 Å². The van der Waals surface area contributed by atoms with E-state index in [0.29, 0.717) is 15.1 Å². The lowest BCUT2D eigenvalue weighted by atomic mass is 10.1. The van der Waals surface area contributed by atoms with Gasteiger partial charge in [0.1, 0.15) is 17.5 Å². The molecular weight excluding hydrogens is 735 g/mol. The van der Waals surface area contributed by atoms with Crippen LogP contribution in [0.3, 0.4) is 0 Å². The summed E-state index contributed by atoms with van der Waals surface area (Å²) in [5, 5.41) is 18.5. The number of aliphatic carboxylic acids is 1. The molecule has 13 heteroatoms. The minimum absolute atomic E-state index is 0.209. The number of benzene rings is 2. The Morgan fingerprint density at radius 3 is 2.00 bits per heavy atom. The number of rotatable bonds is 5. The van der Waals surface area contributed by atoms with Crippen molar-refractivity contribution in [3.05, 3.63) is 46.6 Å². The average Bonchev–Trinajstić information content (AvgIpc) is 2.52. The SMILES string of the molecule is NC(Cc1cc(I)c(Oc2ccc(O)c(I)c2)c(I)c1)C(=O)O.O=S(=O)(O)O. The van der Waals surface area contributed by atoms with E-state index in [1.807, 2.05) is 34.7 Å². The van der Waals surface area contributed by atoms with Crippen molar-refractivity contribution in [1.29, 1.82) is 0 Å². The summed E-state index contributed by atoms with van der Waals surface area (Å²) in [6, 6.07) is 7.83. The Balaban J connectivity index is 0.000000696. The number of nitrogens with two attached hydrogens (primary N) is 1. The maximum absolute atomic E-state index is 10.9. The van der Waals surface area contributed by atoms with Gasteiger partial charge < -0.3 is 20.7 Å². The van der Waals surface area contributed by atoms with E-state index < -0.39 is 22.4 Å². The highest BCUT2D eigenvalue weighted by Crippen LogP contribution is 2.34. The summed E-state index contributed by atoms with van der Waals surface area (Å²) in [4.78, 5) is 10.9. The van der Waals surface area contributed by atoms with E-state index in [1.165, 1.54) is 0 Å². The van der Waals surface area contributed by atoms with Gasteiger partial charge in [-0.3, -0.25) is 13.9 Å². The molecule has 9 nitrogen and oxygen atoms in total. The number of halogens is 3. The van der Waals surface area contributed by atoms with Crippen LogP contribution in [-0.4, -0.2) is 39.7 Å². The molecule has 0 amide bonds. The van der Waals surface area contributed by atoms with Gasteiger partial charge in [-0.25, -0.2) is 0 Å². The predicted molar refractivity (Wildman–Crippen MR) is 126 cm³/mol. The molecule has 0 aliphatic rings. The molecule has 0 bridgehead atoms. The summed E-state index contributed by atoms with van der Waals surface area (Å²) in [5.74, 6) is 0.507. The third-order valence-corrected chi connectivity index (χ3v) is 5.44. The molecule has 2 rings (SSSR count). The molecule has 0 saturated heterocycles. The number of carboxylic acid groups (broad SMARTS) is 1. The number of phenolic OH excluding ortho intramolecular Hbond substituents is 1. The molecule has 0 radical (unpaired) electrons. The second-order valence-electron chi connectivity index (χ2n) is 5.20. The molecule has 28 heavy (non-hydrogen) atoms. The molecule has 0 aliphatic heterocycles. The van der Waals surface area contributed by atoms with E-state index in [9.17, 15) is 9.90 Å². The third-order valence-electron chi connectivity index (χ3n) is 2.97. The minimum Gasteiger partial charge on any atom is -0.507 e. The highest BCUT2D eigenvalue weighted by Gasteiger charge is 2.16. The van der Waals surface area contributed by atoms with Crippen molar-refractivity contribution in [3.8, 4) is 17.2 Å². The second kappa shape index (κ2) is 11.1. The highest BCUT2D eigenvalue weighted by atomic mass is 127. The quantitative estimate of drug-likeness (QED) is 0.228. The first kappa shape index (κ1) is 25.6. The fourth-order valence-electron chi connectivity index (χ4n) is 1.84. The molecule has 0 heterocycles. The van der Waals surface area contributed by atoms with Crippen LogP contribution in [0.15, 0.2) is 30.3 Å². The molecule has 0 spiro atoms. The van der Waals surface area contributed by atoms with Crippen LogP contribution in [0.25, 0.3) is 0 Å². The van der Waals surface area contributed by atoms with Gasteiger partial charge in [0.15, 0.2) is 5.75 Å². The molecule has 0 saturated carbocycles. The normalized spacial score (nSPS) is 11.9. The minimum atomic E-state index is -4.67. The summed E-state index contributed by atoms with van der Waals surface area (Å²) in [6.07, 6.45) is 0.263. The van der Waals surface area contributed by atoms with Gasteiger partial charge in [0, 0.05) is 0 Å². The average molecular weight is 749 g/mol. The van der Waals surface area contributed by atoms with Gasteiger partial charge in [0.05, 0.1) is 10.7 Å². The van der Waals surface area contributed by atoms with Gasteiger partial charge in [-0.2, -0.15) is 8.42 Å². The Kier molecular flexibility index (Phi) is 10.1. The lowest BCUT2D eigenvalue weighted by Gasteiger charge is -2.13. The molecule has 0 aromatic heterocycles. The summed E-state index contributed by atoms with van der Waals surface area (Å²) >= 11 is 6.33. The summed E-state index contributed by atoms with van der Waals surface area (Å²) in [5.41, 5.74) is 6.43. The monoisotopic (exact) mass is 749 g/mol. The van der Waals surface area contributed by atoms with Crippen molar-refractivity contribution >= 4 is 84.1 Å². The number of aromatic hydroxyl groups is 1. The number of carboxylic acids is 1. The molecule has 0 fully saturated rings. The Morgan fingerprint density at radius 1 is 1.07 bits per heavy atom. The van der Waals surface area contributed by atoms with E-state index in [2.05, 4.69) is 45.2 Å². The molecule has 0 aliphatic carbocycles. The van der Waals surface area contributed by atoms with Gasteiger partial charge in [-0.05, 0) is 110 Å². The Labute approximate surface area is 201 Å². The van der Waals surface area contributed by atoms with Crippen molar-refractivity contribution in [2.75, 3.05) is 0 Å². The Morgan fingerprint density at radius 2 is 1.57 bits per heavy atom. The number of phenols is 1. The lowest BCUT2D eigenvalue weighted by molar-refractivity contribution is -0.138. The van der Waals surface area contributed by atoms with Gasteiger partial charge in [0.25, 0.3) is 0 Å². The first-order valence-electron chi connectivity index (χ1n) is 7.10. The standard InChI is InChI=1S/C15H12I3NO4.H2O4S/c16-9-6-8(1-2-13(9)20)23-14-10(17)3-7(4-11(14)18)5-12(19)15(21)22;1-5(2,3)4/h1-4,6,12,20H,5,19H2,(H,21,22);(H2,1,2,3,4). The van der Waals surface area contributed by atoms with Gasteiger partial charge in [0.2, 0.25) is 0 Å². The first-order valence-corrected chi connectivity index (χ1v) is 11.7. The van der Waals surface area contributed by atoms with Gasteiger partial charge in [-0.15, -0.1) is 0 Å². The maximum Gasteiger partial charge on any atom is 0.394 e. The van der Waals surface area contributed by atoms with Crippen LogP contribution in [-0.2, 0) is 21.6 Å². The Hall–Kier alpha value is -0.470. The molecular formula is C15H14I3NO8S. The zero-order valence-electron chi connectivity index (χ0n) is 13.7. The van der Waals surface area contributed by atoms with Crippen LogP contribution in [0.1, 0.15) is 5.56 Å². The van der Waals surface area contributed by atoms with Crippen LogP contribution in [0.4, 0.5) is 0 Å². The fourth-order valence-corrected chi connectivity index (χ4v) is 4.44. The van der Waals surface area contributed by atoms with Crippen molar-refractivity contribution in [3.63, 3.8) is 0 Å². The molecule has 1 atom stereocenters. The summed E-state index contributed by atoms with van der Waals surface area (Å²) < 4.78 is 39.9. The van der Waals surface area contributed by atoms with E-state index in [4.69, 9.17) is 33.1 Å².